The number of rotatable bonds is 6. The molecule has 0 unspecified atom stereocenters. The van der Waals surface area contributed by atoms with Crippen LogP contribution in [0.1, 0.15) is 17.0 Å². The number of hydrogen-bond acceptors (Lipinski definition) is 5. The van der Waals surface area contributed by atoms with Crippen LogP contribution in [-0.2, 0) is 28.4 Å². The lowest BCUT2D eigenvalue weighted by Crippen LogP contribution is -2.09. The maximum absolute atomic E-state index is 12.5. The molecule has 1 heterocycles. The first kappa shape index (κ1) is 17.7. The van der Waals surface area contributed by atoms with Crippen molar-refractivity contribution >= 4 is 21.6 Å². The molecule has 0 atom stereocenters. The minimum atomic E-state index is -3.43. The molecule has 0 bridgehead atoms. The summed E-state index contributed by atoms with van der Waals surface area (Å²) in [5, 5.41) is 8.92. The molecular weight excluding hydrogens is 354 g/mol. The van der Waals surface area contributed by atoms with Gasteiger partial charge in [-0.1, -0.05) is 59.8 Å². The molecule has 2 aromatic carbocycles. The van der Waals surface area contributed by atoms with Gasteiger partial charge in [0.15, 0.2) is 15.0 Å². The van der Waals surface area contributed by atoms with E-state index in [4.69, 9.17) is 0 Å². The van der Waals surface area contributed by atoms with E-state index in [0.717, 1.165) is 5.75 Å². The molecule has 0 aliphatic carbocycles. The van der Waals surface area contributed by atoms with Crippen LogP contribution in [0, 0.1) is 6.92 Å². The second kappa shape index (κ2) is 7.41. The Balaban J connectivity index is 1.73. The zero-order valence-electron chi connectivity index (χ0n) is 14.1. The Hall–Kier alpha value is -2.12. The first-order chi connectivity index (χ1) is 12.0. The summed E-state index contributed by atoms with van der Waals surface area (Å²) < 4.78 is 26.7. The standard InChI is InChI=1S/C18H19N3O2S2/c1-14-7-6-8-15(11-14)12-24-18-20-19-17(21(18)2)13-25(22,23)16-9-4-3-5-10-16/h3-11H,12-13H2,1-2H3. The van der Waals surface area contributed by atoms with Crippen LogP contribution in [0.15, 0.2) is 64.6 Å². The van der Waals surface area contributed by atoms with Gasteiger partial charge in [-0.15, -0.1) is 10.2 Å². The third-order valence-electron chi connectivity index (χ3n) is 3.80. The Kier molecular flexibility index (Phi) is 5.24. The van der Waals surface area contributed by atoms with Gasteiger partial charge in [0.25, 0.3) is 0 Å². The van der Waals surface area contributed by atoms with Gasteiger partial charge >= 0.3 is 0 Å². The molecule has 0 N–H and O–H groups in total. The lowest BCUT2D eigenvalue weighted by Gasteiger charge is -2.06. The highest BCUT2D eigenvalue weighted by Gasteiger charge is 2.20. The van der Waals surface area contributed by atoms with Crippen LogP contribution >= 0.6 is 11.8 Å². The van der Waals surface area contributed by atoms with Gasteiger partial charge in [0.05, 0.1) is 4.90 Å². The average molecular weight is 374 g/mol. The number of thioether (sulfide) groups is 1. The van der Waals surface area contributed by atoms with Crippen molar-refractivity contribution in [1.29, 1.82) is 0 Å². The fourth-order valence-electron chi connectivity index (χ4n) is 2.43. The second-order valence-corrected chi connectivity index (χ2v) is 8.74. The predicted molar refractivity (Wildman–Crippen MR) is 99.1 cm³/mol. The van der Waals surface area contributed by atoms with Crippen molar-refractivity contribution in [2.24, 2.45) is 7.05 Å². The van der Waals surface area contributed by atoms with Crippen molar-refractivity contribution in [3.8, 4) is 0 Å². The molecule has 0 fully saturated rings. The highest BCUT2D eigenvalue weighted by molar-refractivity contribution is 7.98. The number of nitrogens with zero attached hydrogens (tertiary/aromatic N) is 3. The van der Waals surface area contributed by atoms with Crippen LogP contribution < -0.4 is 0 Å². The highest BCUT2D eigenvalue weighted by Crippen LogP contribution is 2.23. The molecule has 3 rings (SSSR count). The number of hydrogen-bond donors (Lipinski definition) is 0. The summed E-state index contributed by atoms with van der Waals surface area (Å²) in [6.45, 7) is 2.06. The lowest BCUT2D eigenvalue weighted by molar-refractivity contribution is 0.591. The van der Waals surface area contributed by atoms with Gasteiger partial charge in [0.1, 0.15) is 11.6 Å². The molecular formula is C18H19N3O2S2. The number of aryl methyl sites for hydroxylation is 1. The van der Waals surface area contributed by atoms with Crippen molar-refractivity contribution in [2.45, 2.75) is 28.5 Å². The summed E-state index contributed by atoms with van der Waals surface area (Å²) in [5.74, 6) is 1.04. The fourth-order valence-corrected chi connectivity index (χ4v) is 4.63. The Morgan fingerprint density at radius 1 is 1.04 bits per heavy atom. The van der Waals surface area contributed by atoms with Crippen molar-refractivity contribution < 1.29 is 8.42 Å². The minimum absolute atomic E-state index is 0.161. The summed E-state index contributed by atoms with van der Waals surface area (Å²) >= 11 is 1.55. The van der Waals surface area contributed by atoms with Crippen LogP contribution in [0.25, 0.3) is 0 Å². The summed E-state index contributed by atoms with van der Waals surface area (Å²) in [5.41, 5.74) is 2.41. The smallest absolute Gasteiger partial charge is 0.191 e. The molecule has 0 amide bonds. The molecule has 130 valence electrons. The van der Waals surface area contributed by atoms with Crippen LogP contribution in [0.5, 0.6) is 0 Å². The monoisotopic (exact) mass is 373 g/mol. The van der Waals surface area contributed by atoms with Gasteiger partial charge < -0.3 is 4.57 Å². The van der Waals surface area contributed by atoms with E-state index in [1.54, 1.807) is 53.7 Å². The predicted octanol–water partition coefficient (Wildman–Crippen LogP) is 3.39. The molecule has 0 aliphatic rings. The maximum Gasteiger partial charge on any atom is 0.191 e. The molecule has 0 radical (unpaired) electrons. The van der Waals surface area contributed by atoms with E-state index in [-0.39, 0.29) is 5.75 Å². The van der Waals surface area contributed by atoms with E-state index in [0.29, 0.717) is 15.9 Å². The lowest BCUT2D eigenvalue weighted by atomic mass is 10.2. The summed E-state index contributed by atoms with van der Waals surface area (Å²) in [4.78, 5) is 0.298. The van der Waals surface area contributed by atoms with Crippen LogP contribution in [0.3, 0.4) is 0 Å². The van der Waals surface area contributed by atoms with Crippen molar-refractivity contribution in [1.82, 2.24) is 14.8 Å². The van der Waals surface area contributed by atoms with E-state index in [1.807, 2.05) is 6.07 Å². The Morgan fingerprint density at radius 2 is 1.80 bits per heavy atom. The molecule has 0 spiro atoms. The summed E-state index contributed by atoms with van der Waals surface area (Å²) in [6.07, 6.45) is 0. The van der Waals surface area contributed by atoms with Crippen LogP contribution in [0.2, 0.25) is 0 Å². The van der Waals surface area contributed by atoms with Gasteiger partial charge in [0, 0.05) is 12.8 Å². The highest BCUT2D eigenvalue weighted by atomic mass is 32.2. The van der Waals surface area contributed by atoms with E-state index < -0.39 is 9.84 Å². The zero-order valence-corrected chi connectivity index (χ0v) is 15.7. The topological polar surface area (TPSA) is 64.8 Å². The van der Waals surface area contributed by atoms with Gasteiger partial charge in [-0.25, -0.2) is 8.42 Å². The minimum Gasteiger partial charge on any atom is -0.308 e. The Bertz CT molecular complexity index is 967. The summed E-state index contributed by atoms with van der Waals surface area (Å²) in [6, 6.07) is 16.7. The Labute approximate surface area is 152 Å². The van der Waals surface area contributed by atoms with Gasteiger partial charge in [-0.3, -0.25) is 0 Å². The largest absolute Gasteiger partial charge is 0.308 e. The zero-order chi connectivity index (χ0) is 17.9. The van der Waals surface area contributed by atoms with E-state index >= 15 is 0 Å². The quantitative estimate of drug-likeness (QED) is 0.620. The van der Waals surface area contributed by atoms with E-state index in [1.165, 1.54) is 11.1 Å². The molecule has 1 aromatic heterocycles. The van der Waals surface area contributed by atoms with Crippen molar-refractivity contribution in [3.63, 3.8) is 0 Å². The summed E-state index contributed by atoms with van der Waals surface area (Å²) in [7, 11) is -1.63. The maximum atomic E-state index is 12.5. The number of aromatic nitrogens is 3. The molecule has 7 heteroatoms. The normalized spacial score (nSPS) is 11.6. The molecule has 3 aromatic rings. The second-order valence-electron chi connectivity index (χ2n) is 5.81. The third kappa shape index (κ3) is 4.29. The number of benzene rings is 2. The SMILES string of the molecule is Cc1cccc(CSc2nnc(CS(=O)(=O)c3ccccc3)n2C)c1. The first-order valence-corrected chi connectivity index (χ1v) is 10.4. The number of sulfone groups is 1. The third-order valence-corrected chi connectivity index (χ3v) is 6.52. The molecule has 0 saturated carbocycles. The van der Waals surface area contributed by atoms with E-state index in [9.17, 15) is 8.42 Å². The van der Waals surface area contributed by atoms with Crippen LogP contribution in [0.4, 0.5) is 0 Å². The average Bonchev–Trinajstić information content (AvgIpc) is 2.93. The van der Waals surface area contributed by atoms with Gasteiger partial charge in [-0.2, -0.15) is 0 Å². The fraction of sp³-hybridized carbons (Fsp3) is 0.222. The first-order valence-electron chi connectivity index (χ1n) is 7.80. The van der Waals surface area contributed by atoms with Crippen molar-refractivity contribution in [2.75, 3.05) is 0 Å². The molecule has 0 aliphatic heterocycles. The van der Waals surface area contributed by atoms with Gasteiger partial charge in [0.2, 0.25) is 0 Å². The van der Waals surface area contributed by atoms with Crippen LogP contribution in [-0.4, -0.2) is 23.2 Å². The molecule has 0 saturated heterocycles. The van der Waals surface area contributed by atoms with Gasteiger partial charge in [-0.05, 0) is 24.6 Å². The molecule has 25 heavy (non-hydrogen) atoms. The van der Waals surface area contributed by atoms with Crippen molar-refractivity contribution in [3.05, 3.63) is 71.5 Å². The van der Waals surface area contributed by atoms with E-state index in [2.05, 4.69) is 35.3 Å². The molecule has 5 nitrogen and oxygen atoms in total. The Morgan fingerprint density at radius 3 is 2.52 bits per heavy atom.